The van der Waals surface area contributed by atoms with E-state index in [4.69, 9.17) is 15.2 Å². The minimum absolute atomic E-state index is 0.00339. The first-order chi connectivity index (χ1) is 15.2. The molecule has 8 atom stereocenters. The van der Waals surface area contributed by atoms with Crippen molar-refractivity contribution in [3.8, 4) is 0 Å². The molecule has 4 aliphatic rings. The Labute approximate surface area is 191 Å². The molecule has 3 aliphatic carbocycles. The summed E-state index contributed by atoms with van der Waals surface area (Å²) in [6.45, 7) is 8.60. The van der Waals surface area contributed by atoms with Crippen molar-refractivity contribution < 1.29 is 24.2 Å². The summed E-state index contributed by atoms with van der Waals surface area (Å²) >= 11 is 0. The van der Waals surface area contributed by atoms with Crippen LogP contribution in [0.4, 0.5) is 0 Å². The average Bonchev–Trinajstić information content (AvgIpc) is 3.19. The van der Waals surface area contributed by atoms with E-state index >= 15 is 0 Å². The van der Waals surface area contributed by atoms with Gasteiger partial charge >= 0.3 is 0 Å². The van der Waals surface area contributed by atoms with Crippen LogP contribution in [0.15, 0.2) is 23.8 Å². The van der Waals surface area contributed by atoms with Gasteiger partial charge in [-0.2, -0.15) is 0 Å². The summed E-state index contributed by atoms with van der Waals surface area (Å²) in [4.78, 5) is 25.4. The quantitative estimate of drug-likeness (QED) is 0.651. The van der Waals surface area contributed by atoms with Crippen molar-refractivity contribution >= 4 is 11.6 Å². The highest BCUT2D eigenvalue weighted by Gasteiger charge is 2.67. The molecule has 32 heavy (non-hydrogen) atoms. The maximum atomic E-state index is 13.4. The van der Waals surface area contributed by atoms with Crippen LogP contribution in [0.5, 0.6) is 0 Å². The summed E-state index contributed by atoms with van der Waals surface area (Å²) in [5.41, 5.74) is 4.96. The maximum absolute atomic E-state index is 13.4. The monoisotopic (exact) mass is 445 g/mol. The Hall–Kier alpha value is -1.34. The number of ketones is 2. The van der Waals surface area contributed by atoms with Gasteiger partial charge in [-0.1, -0.05) is 52.2 Å². The number of ether oxygens (including phenoxy) is 2. The SMILES string of the molecule is CCCC1OC[C@](C(=O)CN)([C@@]2(C)C[C@H](O)[C@H]3[C@@H](CCC4=CC(=O)C=C[C@@]43C)[C@@H]2CC)O1. The molecule has 0 aromatic carbocycles. The van der Waals surface area contributed by atoms with E-state index in [1.165, 1.54) is 0 Å². The Morgan fingerprint density at radius 3 is 2.72 bits per heavy atom. The van der Waals surface area contributed by atoms with Crippen molar-refractivity contribution in [2.24, 2.45) is 34.3 Å². The molecule has 1 aliphatic heterocycles. The van der Waals surface area contributed by atoms with Crippen molar-refractivity contribution in [3.63, 3.8) is 0 Å². The van der Waals surface area contributed by atoms with Crippen LogP contribution >= 0.6 is 0 Å². The average molecular weight is 446 g/mol. The smallest absolute Gasteiger partial charge is 0.181 e. The topological polar surface area (TPSA) is 98.9 Å². The van der Waals surface area contributed by atoms with Gasteiger partial charge in [-0.15, -0.1) is 0 Å². The molecule has 0 radical (unpaired) electrons. The number of aliphatic hydroxyl groups is 1. The fourth-order valence-electron chi connectivity index (χ4n) is 7.70. The highest BCUT2D eigenvalue weighted by Crippen LogP contribution is 2.64. The first-order valence-electron chi connectivity index (χ1n) is 12.3. The molecule has 0 spiro atoms. The Bertz CT molecular complexity index is 836. The van der Waals surface area contributed by atoms with E-state index in [-0.39, 0.29) is 47.9 Å². The number of hydrogen-bond acceptors (Lipinski definition) is 6. The third-order valence-electron chi connectivity index (χ3n) is 9.21. The highest BCUT2D eigenvalue weighted by atomic mass is 16.7. The van der Waals surface area contributed by atoms with Crippen LogP contribution in [-0.2, 0) is 19.1 Å². The third kappa shape index (κ3) is 3.29. The Balaban J connectivity index is 1.76. The van der Waals surface area contributed by atoms with Crippen LogP contribution in [0.2, 0.25) is 0 Å². The second-order valence-corrected chi connectivity index (χ2v) is 10.7. The van der Waals surface area contributed by atoms with E-state index in [9.17, 15) is 14.7 Å². The molecule has 2 saturated carbocycles. The van der Waals surface area contributed by atoms with Crippen molar-refractivity contribution in [2.45, 2.75) is 84.2 Å². The van der Waals surface area contributed by atoms with Gasteiger partial charge in [0.25, 0.3) is 0 Å². The van der Waals surface area contributed by atoms with Crippen molar-refractivity contribution in [1.82, 2.24) is 0 Å². The number of carbonyl (C=O) groups is 2. The van der Waals surface area contributed by atoms with E-state index in [2.05, 4.69) is 27.7 Å². The number of aliphatic hydroxyl groups excluding tert-OH is 1. The predicted molar refractivity (Wildman–Crippen MR) is 122 cm³/mol. The number of carbonyl (C=O) groups excluding carboxylic acids is 2. The number of Topliss-reactive ketones (excluding diaryl/α,β-unsaturated/α-hetero) is 1. The van der Waals surface area contributed by atoms with E-state index in [1.807, 2.05) is 6.08 Å². The summed E-state index contributed by atoms with van der Waals surface area (Å²) in [6.07, 6.45) is 9.08. The number of fused-ring (bicyclic) bond motifs is 3. The number of allylic oxidation sites excluding steroid dienone is 4. The van der Waals surface area contributed by atoms with Gasteiger partial charge in [0.2, 0.25) is 0 Å². The summed E-state index contributed by atoms with van der Waals surface area (Å²) < 4.78 is 12.5. The zero-order valence-corrected chi connectivity index (χ0v) is 19.9. The minimum Gasteiger partial charge on any atom is -0.393 e. The van der Waals surface area contributed by atoms with Gasteiger partial charge in [0.05, 0.1) is 19.3 Å². The third-order valence-corrected chi connectivity index (χ3v) is 9.21. The number of rotatable bonds is 6. The van der Waals surface area contributed by atoms with Crippen LogP contribution in [0, 0.1) is 28.6 Å². The van der Waals surface area contributed by atoms with E-state index in [1.54, 1.807) is 12.2 Å². The molecular formula is C26H39NO5. The van der Waals surface area contributed by atoms with Crippen LogP contribution in [-0.4, -0.2) is 47.8 Å². The fraction of sp³-hybridized carbons (Fsp3) is 0.769. The lowest BCUT2D eigenvalue weighted by atomic mass is 9.43. The lowest BCUT2D eigenvalue weighted by molar-refractivity contribution is -0.209. The normalized spacial score (nSPS) is 45.9. The van der Waals surface area contributed by atoms with Gasteiger partial charge in [0, 0.05) is 16.7 Å². The Morgan fingerprint density at radius 1 is 1.31 bits per heavy atom. The standard InChI is InChI=1S/C26H39NO5/c1-5-7-22-31-15-26(32-22,21(30)14-27)25(4)13-20(29)23-18(19(25)6-2)9-8-16-12-17(28)10-11-24(16,23)3/h10-12,18-20,22-23,29H,5-9,13-15,27H2,1-4H3/t18-,19-,20-,22?,23+,24-,25-,26-/m0/s1. The molecule has 0 bridgehead atoms. The van der Waals surface area contributed by atoms with Gasteiger partial charge < -0.3 is 20.3 Å². The fourth-order valence-corrected chi connectivity index (χ4v) is 7.70. The summed E-state index contributed by atoms with van der Waals surface area (Å²) in [5, 5.41) is 11.6. The largest absolute Gasteiger partial charge is 0.393 e. The first-order valence-corrected chi connectivity index (χ1v) is 12.3. The Kier molecular flexibility index (Phi) is 6.29. The lowest BCUT2D eigenvalue weighted by Gasteiger charge is -2.62. The van der Waals surface area contributed by atoms with Gasteiger partial charge in [-0.3, -0.25) is 9.59 Å². The van der Waals surface area contributed by atoms with Crippen molar-refractivity contribution in [2.75, 3.05) is 13.2 Å². The molecule has 0 amide bonds. The van der Waals surface area contributed by atoms with Crippen LogP contribution in [0.25, 0.3) is 0 Å². The molecule has 1 saturated heterocycles. The maximum Gasteiger partial charge on any atom is 0.181 e. The molecular weight excluding hydrogens is 406 g/mol. The van der Waals surface area contributed by atoms with Gasteiger partial charge in [0.15, 0.2) is 23.5 Å². The van der Waals surface area contributed by atoms with Gasteiger partial charge in [0.1, 0.15) is 0 Å². The van der Waals surface area contributed by atoms with Crippen molar-refractivity contribution in [3.05, 3.63) is 23.8 Å². The molecule has 6 nitrogen and oxygen atoms in total. The number of hydrogen-bond donors (Lipinski definition) is 2. The van der Waals surface area contributed by atoms with Gasteiger partial charge in [-0.25, -0.2) is 0 Å². The van der Waals surface area contributed by atoms with Crippen LogP contribution < -0.4 is 5.73 Å². The molecule has 178 valence electrons. The van der Waals surface area contributed by atoms with E-state index < -0.39 is 23.4 Å². The predicted octanol–water partition coefficient (Wildman–Crippen LogP) is 3.32. The molecule has 0 aromatic heterocycles. The zero-order valence-electron chi connectivity index (χ0n) is 19.9. The Morgan fingerprint density at radius 2 is 2.06 bits per heavy atom. The molecule has 3 N–H and O–H groups in total. The van der Waals surface area contributed by atoms with Crippen LogP contribution in [0.1, 0.15) is 66.2 Å². The van der Waals surface area contributed by atoms with E-state index in [0.717, 1.165) is 37.7 Å². The summed E-state index contributed by atoms with van der Waals surface area (Å²) in [5.74, 6) is 0.283. The summed E-state index contributed by atoms with van der Waals surface area (Å²) in [7, 11) is 0. The molecule has 1 heterocycles. The first kappa shape index (κ1) is 23.8. The molecule has 1 unspecified atom stereocenters. The minimum atomic E-state index is -1.14. The van der Waals surface area contributed by atoms with Crippen LogP contribution in [0.3, 0.4) is 0 Å². The van der Waals surface area contributed by atoms with E-state index in [0.29, 0.717) is 6.42 Å². The second kappa shape index (κ2) is 8.46. The molecule has 6 heteroatoms. The molecule has 3 fully saturated rings. The van der Waals surface area contributed by atoms with Gasteiger partial charge in [-0.05, 0) is 49.7 Å². The molecule has 0 aromatic rings. The second-order valence-electron chi connectivity index (χ2n) is 10.7. The number of nitrogens with two attached hydrogens (primary N) is 1. The van der Waals surface area contributed by atoms with Crippen molar-refractivity contribution in [1.29, 1.82) is 0 Å². The summed E-state index contributed by atoms with van der Waals surface area (Å²) in [6, 6.07) is 0. The lowest BCUT2D eigenvalue weighted by Crippen LogP contribution is -2.66. The highest BCUT2D eigenvalue weighted by molar-refractivity contribution is 6.01. The zero-order chi connectivity index (χ0) is 23.3. The molecule has 4 rings (SSSR count).